The molecule has 2 rings (SSSR count). The first-order chi connectivity index (χ1) is 9.69. The van der Waals surface area contributed by atoms with E-state index in [1.165, 1.54) is 5.56 Å². The summed E-state index contributed by atoms with van der Waals surface area (Å²) in [6, 6.07) is 10.3. The zero-order valence-corrected chi connectivity index (χ0v) is 12.2. The Morgan fingerprint density at radius 3 is 2.75 bits per heavy atom. The van der Waals surface area contributed by atoms with Crippen molar-refractivity contribution in [3.63, 3.8) is 0 Å². The minimum atomic E-state index is -0.386. The molecule has 0 aliphatic carbocycles. The summed E-state index contributed by atoms with van der Waals surface area (Å²) in [4.78, 5) is 6.41. The first kappa shape index (κ1) is 14.8. The topological polar surface area (TPSA) is 41.3 Å². The smallest absolute Gasteiger partial charge is 0.108 e. The highest BCUT2D eigenvalue weighted by atomic mass is 16.3. The summed E-state index contributed by atoms with van der Waals surface area (Å²) in [6.07, 6.45) is 4.22. The van der Waals surface area contributed by atoms with Gasteiger partial charge in [0.1, 0.15) is 5.82 Å². The molecule has 1 N–H and O–H groups in total. The largest absolute Gasteiger partial charge is 0.390 e. The van der Waals surface area contributed by atoms with E-state index in [9.17, 15) is 5.11 Å². The highest BCUT2D eigenvalue weighted by Crippen LogP contribution is 2.05. The van der Waals surface area contributed by atoms with Crippen molar-refractivity contribution < 1.29 is 5.11 Å². The molecule has 0 amide bonds. The molecular formula is C16H23N3O. The summed E-state index contributed by atoms with van der Waals surface area (Å²) in [6.45, 7) is 4.17. The first-order valence-electron chi connectivity index (χ1n) is 7.09. The second-order valence-electron chi connectivity index (χ2n) is 5.19. The molecule has 4 nitrogen and oxygen atoms in total. The van der Waals surface area contributed by atoms with Crippen LogP contribution >= 0.6 is 0 Å². The van der Waals surface area contributed by atoms with Gasteiger partial charge in [0.25, 0.3) is 0 Å². The van der Waals surface area contributed by atoms with E-state index in [4.69, 9.17) is 0 Å². The molecule has 1 heterocycles. The van der Waals surface area contributed by atoms with Crippen LogP contribution in [0.3, 0.4) is 0 Å². The average Bonchev–Trinajstić information content (AvgIpc) is 2.86. The lowest BCUT2D eigenvalue weighted by Gasteiger charge is -2.21. The molecule has 0 saturated heterocycles. The molecule has 1 aromatic heterocycles. The van der Waals surface area contributed by atoms with Crippen LogP contribution in [0.25, 0.3) is 0 Å². The highest BCUT2D eigenvalue weighted by Gasteiger charge is 2.11. The molecule has 4 heteroatoms. The van der Waals surface area contributed by atoms with Crippen LogP contribution in [0.5, 0.6) is 0 Å². The average molecular weight is 273 g/mol. The second kappa shape index (κ2) is 7.22. The van der Waals surface area contributed by atoms with E-state index in [1.807, 2.05) is 36.0 Å². The highest BCUT2D eigenvalue weighted by molar-refractivity contribution is 5.14. The Balaban J connectivity index is 1.83. The fraction of sp³-hybridized carbons (Fsp3) is 0.438. The minimum absolute atomic E-state index is 0.386. The number of rotatable bonds is 7. The van der Waals surface area contributed by atoms with Gasteiger partial charge in [-0.05, 0) is 12.6 Å². The van der Waals surface area contributed by atoms with Gasteiger partial charge >= 0.3 is 0 Å². The van der Waals surface area contributed by atoms with Crippen LogP contribution in [0.15, 0.2) is 42.7 Å². The number of hydrogen-bond acceptors (Lipinski definition) is 3. The van der Waals surface area contributed by atoms with Crippen molar-refractivity contribution in [2.75, 3.05) is 13.6 Å². The summed E-state index contributed by atoms with van der Waals surface area (Å²) in [5.74, 6) is 1.02. The van der Waals surface area contributed by atoms with Crippen LogP contribution in [-0.4, -0.2) is 39.3 Å². The summed E-state index contributed by atoms with van der Waals surface area (Å²) < 4.78 is 2.03. The maximum absolute atomic E-state index is 10.2. The molecule has 20 heavy (non-hydrogen) atoms. The van der Waals surface area contributed by atoms with Crippen LogP contribution in [0, 0.1) is 0 Å². The Hall–Kier alpha value is -1.65. The van der Waals surface area contributed by atoms with Crippen molar-refractivity contribution in [1.82, 2.24) is 14.5 Å². The van der Waals surface area contributed by atoms with Gasteiger partial charge in [0, 0.05) is 31.9 Å². The predicted molar refractivity (Wildman–Crippen MR) is 80.4 cm³/mol. The van der Waals surface area contributed by atoms with Gasteiger partial charge in [0.15, 0.2) is 0 Å². The van der Waals surface area contributed by atoms with E-state index in [0.29, 0.717) is 13.1 Å². The van der Waals surface area contributed by atoms with E-state index in [1.54, 1.807) is 6.20 Å². The van der Waals surface area contributed by atoms with Gasteiger partial charge in [-0.2, -0.15) is 0 Å². The minimum Gasteiger partial charge on any atom is -0.390 e. The lowest BCUT2D eigenvalue weighted by Crippen LogP contribution is -2.32. The second-order valence-corrected chi connectivity index (χ2v) is 5.19. The number of aryl methyl sites for hydroxylation is 1. The summed E-state index contributed by atoms with van der Waals surface area (Å²) in [5.41, 5.74) is 1.26. The molecule has 0 bridgehead atoms. The van der Waals surface area contributed by atoms with Crippen LogP contribution in [0.2, 0.25) is 0 Å². The van der Waals surface area contributed by atoms with Crippen molar-refractivity contribution in [2.45, 2.75) is 32.5 Å². The number of imidazole rings is 1. The van der Waals surface area contributed by atoms with Gasteiger partial charge < -0.3 is 9.67 Å². The maximum Gasteiger partial charge on any atom is 0.108 e. The third-order valence-electron chi connectivity index (χ3n) is 3.34. The van der Waals surface area contributed by atoms with Crippen molar-refractivity contribution in [2.24, 2.45) is 0 Å². The molecule has 0 saturated carbocycles. The molecule has 1 unspecified atom stereocenters. The van der Waals surface area contributed by atoms with Gasteiger partial charge in [-0.25, -0.2) is 4.98 Å². The summed E-state index contributed by atoms with van der Waals surface area (Å²) in [7, 11) is 2.03. The van der Waals surface area contributed by atoms with E-state index in [2.05, 4.69) is 28.9 Å². The number of aliphatic hydroxyl groups excluding tert-OH is 1. The molecule has 108 valence electrons. The van der Waals surface area contributed by atoms with Crippen LogP contribution < -0.4 is 0 Å². The fourth-order valence-electron chi connectivity index (χ4n) is 2.42. The van der Waals surface area contributed by atoms with Gasteiger partial charge in [-0.3, -0.25) is 4.90 Å². The molecule has 0 aliphatic rings. The number of aliphatic hydroxyl groups is 1. The Morgan fingerprint density at radius 2 is 2.05 bits per heavy atom. The van der Waals surface area contributed by atoms with E-state index in [0.717, 1.165) is 18.8 Å². The lowest BCUT2D eigenvalue weighted by molar-refractivity contribution is 0.106. The van der Waals surface area contributed by atoms with E-state index < -0.39 is 0 Å². The molecule has 1 aromatic carbocycles. The number of likely N-dealkylation sites (N-methyl/N-ethyl adjacent to an activating group) is 1. The predicted octanol–water partition coefficient (Wildman–Crippen LogP) is 1.94. The SMILES string of the molecule is CCc1nccn1CC(O)CN(C)Cc1ccccc1. The van der Waals surface area contributed by atoms with Gasteiger partial charge in [-0.15, -0.1) is 0 Å². The molecule has 0 fully saturated rings. The van der Waals surface area contributed by atoms with Crippen LogP contribution in [-0.2, 0) is 19.5 Å². The third kappa shape index (κ3) is 4.18. The van der Waals surface area contributed by atoms with Gasteiger partial charge in [0.05, 0.1) is 12.6 Å². The summed E-state index contributed by atoms with van der Waals surface area (Å²) >= 11 is 0. The zero-order valence-electron chi connectivity index (χ0n) is 12.2. The van der Waals surface area contributed by atoms with Crippen LogP contribution in [0.4, 0.5) is 0 Å². The number of hydrogen-bond donors (Lipinski definition) is 1. The quantitative estimate of drug-likeness (QED) is 0.838. The summed E-state index contributed by atoms with van der Waals surface area (Å²) in [5, 5.41) is 10.2. The van der Waals surface area contributed by atoms with Gasteiger partial charge in [-0.1, -0.05) is 37.3 Å². The normalized spacial score (nSPS) is 12.8. The monoisotopic (exact) mass is 273 g/mol. The van der Waals surface area contributed by atoms with Crippen molar-refractivity contribution >= 4 is 0 Å². The Morgan fingerprint density at radius 1 is 1.30 bits per heavy atom. The Kier molecular flexibility index (Phi) is 5.32. The number of aromatic nitrogens is 2. The number of nitrogens with zero attached hydrogens (tertiary/aromatic N) is 3. The molecule has 2 aromatic rings. The molecule has 0 radical (unpaired) electrons. The van der Waals surface area contributed by atoms with Crippen molar-refractivity contribution in [3.05, 3.63) is 54.1 Å². The lowest BCUT2D eigenvalue weighted by atomic mass is 10.2. The number of benzene rings is 1. The molecular weight excluding hydrogens is 250 g/mol. The van der Waals surface area contributed by atoms with Crippen molar-refractivity contribution in [3.8, 4) is 0 Å². The molecule has 1 atom stereocenters. The molecule has 0 spiro atoms. The third-order valence-corrected chi connectivity index (χ3v) is 3.34. The Labute approximate surface area is 120 Å². The zero-order chi connectivity index (χ0) is 14.4. The van der Waals surface area contributed by atoms with Gasteiger partial charge in [0.2, 0.25) is 0 Å². The molecule has 0 aliphatic heterocycles. The fourth-order valence-corrected chi connectivity index (χ4v) is 2.42. The van der Waals surface area contributed by atoms with E-state index >= 15 is 0 Å². The standard InChI is InChI=1S/C16H23N3O/c1-3-16-17-9-10-19(16)13-15(20)12-18(2)11-14-7-5-4-6-8-14/h4-10,15,20H,3,11-13H2,1-2H3. The van der Waals surface area contributed by atoms with Crippen LogP contribution in [0.1, 0.15) is 18.3 Å². The first-order valence-corrected chi connectivity index (χ1v) is 7.09. The maximum atomic E-state index is 10.2. The Bertz CT molecular complexity index is 509. The van der Waals surface area contributed by atoms with E-state index in [-0.39, 0.29) is 6.10 Å². The van der Waals surface area contributed by atoms with Crippen molar-refractivity contribution in [1.29, 1.82) is 0 Å².